The third kappa shape index (κ3) is 5.20. The van der Waals surface area contributed by atoms with Gasteiger partial charge in [-0.05, 0) is 67.9 Å². The molecular weight excluding hydrogens is 456 g/mol. The molecule has 1 amide bonds. The second-order valence-corrected chi connectivity index (χ2v) is 9.34. The minimum atomic E-state index is -3.95. The zero-order valence-electron chi connectivity index (χ0n) is 19.4. The first kappa shape index (κ1) is 24.8. The Bertz CT molecular complexity index is 1300. The third-order valence-corrected chi connectivity index (χ3v) is 6.99. The number of esters is 1. The van der Waals surface area contributed by atoms with Crippen LogP contribution in [0.25, 0.3) is 0 Å². The second kappa shape index (κ2) is 10.4. The van der Waals surface area contributed by atoms with Gasteiger partial charge in [0.2, 0.25) is 0 Å². The number of hydrogen-bond acceptors (Lipinski definition) is 6. The van der Waals surface area contributed by atoms with Crippen molar-refractivity contribution < 1.29 is 27.5 Å². The van der Waals surface area contributed by atoms with Crippen molar-refractivity contribution in [2.75, 3.05) is 30.4 Å². The number of aryl methyl sites for hydroxylation is 1. The minimum absolute atomic E-state index is 0.0408. The Hall–Kier alpha value is -3.85. The fraction of sp³-hybridized carbons (Fsp3) is 0.200. The van der Waals surface area contributed by atoms with Crippen LogP contribution in [0.1, 0.15) is 33.2 Å². The molecule has 0 fully saturated rings. The number of carbonyl (C=O) groups excluding carboxylic acids is 2. The van der Waals surface area contributed by atoms with E-state index in [9.17, 15) is 18.0 Å². The lowest BCUT2D eigenvalue weighted by Crippen LogP contribution is -2.27. The smallest absolute Gasteiger partial charge is 0.339 e. The SMILES string of the molecule is CCOc1ccc(N(C)S(=O)(=O)c2ccc(C)c(C(=O)Nc3ccccc3C(=O)OC)c2)cc1. The van der Waals surface area contributed by atoms with Gasteiger partial charge in [-0.2, -0.15) is 0 Å². The molecule has 9 heteroatoms. The Morgan fingerprint density at radius 2 is 1.65 bits per heavy atom. The number of hydrogen-bond donors (Lipinski definition) is 1. The van der Waals surface area contributed by atoms with Crippen molar-refractivity contribution in [2.24, 2.45) is 0 Å². The molecule has 0 saturated heterocycles. The highest BCUT2D eigenvalue weighted by Crippen LogP contribution is 2.26. The molecule has 0 aliphatic heterocycles. The van der Waals surface area contributed by atoms with E-state index >= 15 is 0 Å². The predicted molar refractivity (Wildman–Crippen MR) is 130 cm³/mol. The first-order chi connectivity index (χ1) is 16.2. The van der Waals surface area contributed by atoms with E-state index in [-0.39, 0.29) is 21.7 Å². The summed E-state index contributed by atoms with van der Waals surface area (Å²) < 4.78 is 37.8. The lowest BCUT2D eigenvalue weighted by Gasteiger charge is -2.20. The molecule has 0 bridgehead atoms. The van der Waals surface area contributed by atoms with Crippen LogP contribution in [0.4, 0.5) is 11.4 Å². The summed E-state index contributed by atoms with van der Waals surface area (Å²) in [5.74, 6) is -0.505. The third-order valence-electron chi connectivity index (χ3n) is 5.20. The monoisotopic (exact) mass is 482 g/mol. The molecule has 0 aliphatic carbocycles. The summed E-state index contributed by atoms with van der Waals surface area (Å²) >= 11 is 0. The Kier molecular flexibility index (Phi) is 7.57. The molecule has 3 rings (SSSR count). The van der Waals surface area contributed by atoms with Gasteiger partial charge in [0.15, 0.2) is 0 Å². The highest BCUT2D eigenvalue weighted by Gasteiger charge is 2.24. The summed E-state index contributed by atoms with van der Waals surface area (Å²) in [6, 6.07) is 17.4. The molecule has 3 aromatic carbocycles. The summed E-state index contributed by atoms with van der Waals surface area (Å²) in [5, 5.41) is 2.68. The van der Waals surface area contributed by atoms with Gasteiger partial charge in [0.25, 0.3) is 15.9 Å². The van der Waals surface area contributed by atoms with E-state index in [0.717, 1.165) is 4.31 Å². The van der Waals surface area contributed by atoms with Crippen molar-refractivity contribution in [3.8, 4) is 5.75 Å². The van der Waals surface area contributed by atoms with Crippen molar-refractivity contribution >= 4 is 33.3 Å². The number of carbonyl (C=O) groups is 2. The van der Waals surface area contributed by atoms with E-state index in [1.54, 1.807) is 55.5 Å². The Labute approximate surface area is 199 Å². The zero-order chi connectivity index (χ0) is 24.9. The van der Waals surface area contributed by atoms with E-state index in [4.69, 9.17) is 9.47 Å². The van der Waals surface area contributed by atoms with Gasteiger partial charge in [0.05, 0.1) is 35.6 Å². The van der Waals surface area contributed by atoms with Gasteiger partial charge >= 0.3 is 5.97 Å². The highest BCUT2D eigenvalue weighted by atomic mass is 32.2. The number of sulfonamides is 1. The predicted octanol–water partition coefficient (Wildman–Crippen LogP) is 4.26. The number of rotatable bonds is 8. The van der Waals surface area contributed by atoms with Crippen molar-refractivity contribution in [3.63, 3.8) is 0 Å². The van der Waals surface area contributed by atoms with Gasteiger partial charge in [-0.1, -0.05) is 18.2 Å². The van der Waals surface area contributed by atoms with Gasteiger partial charge in [-0.3, -0.25) is 9.10 Å². The molecular formula is C25H26N2O6S. The van der Waals surface area contributed by atoms with E-state index in [2.05, 4.69) is 5.32 Å². The van der Waals surface area contributed by atoms with Crippen LogP contribution >= 0.6 is 0 Å². The molecule has 0 spiro atoms. The number of anilines is 2. The van der Waals surface area contributed by atoms with Crippen LogP contribution < -0.4 is 14.4 Å². The summed E-state index contributed by atoms with van der Waals surface area (Å²) in [5.41, 5.74) is 1.65. The van der Waals surface area contributed by atoms with Crippen LogP contribution in [0.15, 0.2) is 71.6 Å². The van der Waals surface area contributed by atoms with Gasteiger partial charge in [-0.25, -0.2) is 13.2 Å². The molecule has 3 aromatic rings. The summed E-state index contributed by atoms with van der Waals surface area (Å²) in [7, 11) is -1.26. The molecule has 34 heavy (non-hydrogen) atoms. The van der Waals surface area contributed by atoms with E-state index in [0.29, 0.717) is 23.6 Å². The van der Waals surface area contributed by atoms with Gasteiger partial charge < -0.3 is 14.8 Å². The van der Waals surface area contributed by atoms with E-state index in [1.165, 1.54) is 32.4 Å². The molecule has 0 saturated carbocycles. The molecule has 0 radical (unpaired) electrons. The molecule has 0 atom stereocenters. The summed E-state index contributed by atoms with van der Waals surface area (Å²) in [4.78, 5) is 25.0. The van der Waals surface area contributed by atoms with Gasteiger partial charge in [-0.15, -0.1) is 0 Å². The number of ether oxygens (including phenoxy) is 2. The molecule has 0 unspecified atom stereocenters. The van der Waals surface area contributed by atoms with Crippen LogP contribution in [0.2, 0.25) is 0 Å². The zero-order valence-corrected chi connectivity index (χ0v) is 20.2. The number of amides is 1. The average Bonchev–Trinajstić information content (AvgIpc) is 2.84. The molecule has 178 valence electrons. The number of benzene rings is 3. The first-order valence-electron chi connectivity index (χ1n) is 10.5. The van der Waals surface area contributed by atoms with Crippen LogP contribution in [-0.2, 0) is 14.8 Å². The molecule has 0 aromatic heterocycles. The largest absolute Gasteiger partial charge is 0.494 e. The topological polar surface area (TPSA) is 102 Å². The fourth-order valence-electron chi connectivity index (χ4n) is 3.29. The maximum Gasteiger partial charge on any atom is 0.339 e. The Morgan fingerprint density at radius 3 is 2.29 bits per heavy atom. The fourth-order valence-corrected chi connectivity index (χ4v) is 4.51. The van der Waals surface area contributed by atoms with Gasteiger partial charge in [0.1, 0.15) is 5.75 Å². The lowest BCUT2D eigenvalue weighted by molar-refractivity contribution is 0.0602. The average molecular weight is 483 g/mol. The maximum atomic E-state index is 13.3. The Morgan fingerprint density at radius 1 is 0.971 bits per heavy atom. The molecule has 1 N–H and O–H groups in total. The number of methoxy groups -OCH3 is 1. The van der Waals surface area contributed by atoms with Crippen molar-refractivity contribution in [1.29, 1.82) is 0 Å². The molecule has 8 nitrogen and oxygen atoms in total. The summed E-state index contributed by atoms with van der Waals surface area (Å²) in [6.45, 7) is 4.07. The standard InChI is InChI=1S/C25H26N2O6S/c1-5-33-19-13-11-18(12-14-19)27(3)34(30,31)20-15-10-17(2)22(16-20)24(28)26-23-9-7-6-8-21(23)25(29)32-4/h6-16H,5H2,1-4H3,(H,26,28). The number of nitrogens with zero attached hydrogens (tertiary/aromatic N) is 1. The second-order valence-electron chi connectivity index (χ2n) is 7.37. The first-order valence-corrected chi connectivity index (χ1v) is 11.9. The molecule has 0 heterocycles. The molecule has 0 aliphatic rings. The van der Waals surface area contributed by atoms with E-state index in [1.807, 2.05) is 6.92 Å². The van der Waals surface area contributed by atoms with Crippen molar-refractivity contribution in [1.82, 2.24) is 0 Å². The van der Waals surface area contributed by atoms with Gasteiger partial charge in [0, 0.05) is 12.6 Å². The van der Waals surface area contributed by atoms with Crippen molar-refractivity contribution in [2.45, 2.75) is 18.7 Å². The van der Waals surface area contributed by atoms with E-state index < -0.39 is 21.9 Å². The van der Waals surface area contributed by atoms with Crippen molar-refractivity contribution in [3.05, 3.63) is 83.4 Å². The number of para-hydroxylation sites is 1. The highest BCUT2D eigenvalue weighted by molar-refractivity contribution is 7.92. The summed E-state index contributed by atoms with van der Waals surface area (Å²) in [6.07, 6.45) is 0. The van der Waals surface area contributed by atoms with Crippen LogP contribution in [0.3, 0.4) is 0 Å². The maximum absolute atomic E-state index is 13.3. The van der Waals surface area contributed by atoms with Crippen LogP contribution in [-0.4, -0.2) is 41.1 Å². The lowest BCUT2D eigenvalue weighted by atomic mass is 10.1. The van der Waals surface area contributed by atoms with Crippen LogP contribution in [0, 0.1) is 6.92 Å². The van der Waals surface area contributed by atoms with Crippen LogP contribution in [0.5, 0.6) is 5.75 Å². The number of nitrogens with one attached hydrogen (secondary N) is 1. The normalized spacial score (nSPS) is 10.9. The minimum Gasteiger partial charge on any atom is -0.494 e. The Balaban J connectivity index is 1.91. The quantitative estimate of drug-likeness (QED) is 0.482.